The van der Waals surface area contributed by atoms with Crippen molar-refractivity contribution in [3.05, 3.63) is 64.5 Å². The standard InChI is InChI=1S/C18H15FN2O4/c1-24-16-6-3-11(7-17(16)25-2)15(22)9-21-10-20-14-8-12(19)4-5-13(14)18(21)23/h3-8,10H,9H2,1-2H3. The van der Waals surface area contributed by atoms with Crippen molar-refractivity contribution < 1.29 is 18.7 Å². The number of Topliss-reactive ketones (excluding diaryl/α,β-unsaturated/α-hetero) is 1. The van der Waals surface area contributed by atoms with Crippen molar-refractivity contribution in [3.63, 3.8) is 0 Å². The number of hydrogen-bond acceptors (Lipinski definition) is 5. The van der Waals surface area contributed by atoms with E-state index >= 15 is 0 Å². The molecule has 0 unspecified atom stereocenters. The molecule has 3 rings (SSSR count). The van der Waals surface area contributed by atoms with E-state index in [1.807, 2.05) is 0 Å². The maximum absolute atomic E-state index is 13.2. The number of halogens is 1. The monoisotopic (exact) mass is 342 g/mol. The molecule has 0 aliphatic heterocycles. The number of fused-ring (bicyclic) bond motifs is 1. The Morgan fingerprint density at radius 1 is 1.12 bits per heavy atom. The third kappa shape index (κ3) is 3.21. The fraction of sp³-hybridized carbons (Fsp3) is 0.167. The Labute approximate surface area is 142 Å². The van der Waals surface area contributed by atoms with Gasteiger partial charge in [-0.25, -0.2) is 9.37 Å². The molecule has 2 aromatic carbocycles. The van der Waals surface area contributed by atoms with Crippen LogP contribution in [0.3, 0.4) is 0 Å². The predicted molar refractivity (Wildman–Crippen MR) is 89.8 cm³/mol. The van der Waals surface area contributed by atoms with Crippen LogP contribution < -0.4 is 15.0 Å². The van der Waals surface area contributed by atoms with E-state index in [9.17, 15) is 14.0 Å². The van der Waals surface area contributed by atoms with Crippen molar-refractivity contribution >= 4 is 16.7 Å². The summed E-state index contributed by atoms with van der Waals surface area (Å²) in [5, 5.41) is 0.254. The van der Waals surface area contributed by atoms with E-state index in [0.29, 0.717) is 17.1 Å². The maximum Gasteiger partial charge on any atom is 0.261 e. The van der Waals surface area contributed by atoms with Gasteiger partial charge in [0.05, 0.1) is 38.0 Å². The third-order valence-corrected chi connectivity index (χ3v) is 3.81. The highest BCUT2D eigenvalue weighted by molar-refractivity contribution is 5.96. The van der Waals surface area contributed by atoms with Crippen LogP contribution in [0, 0.1) is 5.82 Å². The average Bonchev–Trinajstić information content (AvgIpc) is 2.63. The van der Waals surface area contributed by atoms with E-state index in [-0.39, 0.29) is 23.2 Å². The van der Waals surface area contributed by atoms with Gasteiger partial charge in [0.25, 0.3) is 5.56 Å². The van der Waals surface area contributed by atoms with Crippen LogP contribution in [0.4, 0.5) is 4.39 Å². The summed E-state index contributed by atoms with van der Waals surface area (Å²) in [5.74, 6) is 0.170. The Morgan fingerprint density at radius 2 is 1.88 bits per heavy atom. The van der Waals surface area contributed by atoms with Crippen molar-refractivity contribution in [3.8, 4) is 11.5 Å². The van der Waals surface area contributed by atoms with E-state index in [4.69, 9.17) is 9.47 Å². The van der Waals surface area contributed by atoms with Gasteiger partial charge in [-0.15, -0.1) is 0 Å². The number of methoxy groups -OCH3 is 2. The highest BCUT2D eigenvalue weighted by atomic mass is 19.1. The summed E-state index contributed by atoms with van der Waals surface area (Å²) >= 11 is 0. The number of carbonyl (C=O) groups is 1. The molecule has 6 nitrogen and oxygen atoms in total. The van der Waals surface area contributed by atoms with Crippen molar-refractivity contribution in [1.82, 2.24) is 9.55 Å². The molecule has 0 aliphatic rings. The second-order valence-corrected chi connectivity index (χ2v) is 5.33. The van der Waals surface area contributed by atoms with Crippen LogP contribution >= 0.6 is 0 Å². The van der Waals surface area contributed by atoms with Gasteiger partial charge in [0, 0.05) is 11.6 Å². The molecule has 0 saturated heterocycles. The van der Waals surface area contributed by atoms with Crippen molar-refractivity contribution in [2.75, 3.05) is 14.2 Å². The van der Waals surface area contributed by atoms with E-state index in [1.54, 1.807) is 18.2 Å². The Balaban J connectivity index is 1.93. The van der Waals surface area contributed by atoms with Gasteiger partial charge in [0.1, 0.15) is 5.82 Å². The predicted octanol–water partition coefficient (Wildman–Crippen LogP) is 2.44. The van der Waals surface area contributed by atoms with Crippen LogP contribution in [0.2, 0.25) is 0 Å². The molecule has 0 fully saturated rings. The normalized spacial score (nSPS) is 10.7. The molecule has 0 amide bonds. The molecule has 25 heavy (non-hydrogen) atoms. The van der Waals surface area contributed by atoms with Gasteiger partial charge >= 0.3 is 0 Å². The molecule has 0 aliphatic carbocycles. The fourth-order valence-electron chi connectivity index (χ4n) is 2.50. The van der Waals surface area contributed by atoms with Crippen LogP contribution in [0.5, 0.6) is 11.5 Å². The zero-order chi connectivity index (χ0) is 18.0. The molecule has 1 heterocycles. The molecule has 128 valence electrons. The largest absolute Gasteiger partial charge is 0.493 e. The van der Waals surface area contributed by atoms with Gasteiger partial charge < -0.3 is 9.47 Å². The van der Waals surface area contributed by atoms with Gasteiger partial charge in [-0.05, 0) is 30.3 Å². The number of hydrogen-bond donors (Lipinski definition) is 0. The van der Waals surface area contributed by atoms with Crippen LogP contribution in [0.25, 0.3) is 10.9 Å². The van der Waals surface area contributed by atoms with E-state index in [1.165, 1.54) is 43.3 Å². The average molecular weight is 342 g/mol. The van der Waals surface area contributed by atoms with Gasteiger partial charge in [-0.3, -0.25) is 14.2 Å². The molecule has 0 saturated carbocycles. The lowest BCUT2D eigenvalue weighted by molar-refractivity contribution is 0.0970. The third-order valence-electron chi connectivity index (χ3n) is 3.81. The van der Waals surface area contributed by atoms with Crippen LogP contribution in [0.1, 0.15) is 10.4 Å². The number of nitrogens with zero attached hydrogens (tertiary/aromatic N) is 2. The lowest BCUT2D eigenvalue weighted by Gasteiger charge is -2.10. The van der Waals surface area contributed by atoms with E-state index < -0.39 is 11.4 Å². The van der Waals surface area contributed by atoms with Crippen LogP contribution in [0.15, 0.2) is 47.5 Å². The minimum Gasteiger partial charge on any atom is -0.493 e. The lowest BCUT2D eigenvalue weighted by Crippen LogP contribution is -2.24. The molecule has 3 aromatic rings. The second-order valence-electron chi connectivity index (χ2n) is 5.33. The molecule has 0 radical (unpaired) electrons. The number of carbonyl (C=O) groups excluding carboxylic acids is 1. The summed E-state index contributed by atoms with van der Waals surface area (Å²) in [4.78, 5) is 29.0. The van der Waals surface area contributed by atoms with Gasteiger partial charge in [-0.2, -0.15) is 0 Å². The summed E-state index contributed by atoms with van der Waals surface area (Å²) in [6.45, 7) is -0.186. The minimum atomic E-state index is -0.474. The molecule has 7 heteroatoms. The zero-order valence-electron chi connectivity index (χ0n) is 13.7. The van der Waals surface area contributed by atoms with Gasteiger partial charge in [0.15, 0.2) is 17.3 Å². The Hall–Kier alpha value is -3.22. The highest BCUT2D eigenvalue weighted by Gasteiger charge is 2.13. The zero-order valence-corrected chi connectivity index (χ0v) is 13.7. The number of ketones is 1. The first-order valence-electron chi connectivity index (χ1n) is 7.43. The van der Waals surface area contributed by atoms with Gasteiger partial charge in [-0.1, -0.05) is 0 Å². The smallest absolute Gasteiger partial charge is 0.261 e. The topological polar surface area (TPSA) is 70.4 Å². The summed E-state index contributed by atoms with van der Waals surface area (Å²) in [5.41, 5.74) is 0.224. The molecular weight excluding hydrogens is 327 g/mol. The summed E-state index contributed by atoms with van der Waals surface area (Å²) in [7, 11) is 2.98. The fourth-order valence-corrected chi connectivity index (χ4v) is 2.50. The molecule has 0 spiro atoms. The van der Waals surface area contributed by atoms with Crippen molar-refractivity contribution in [1.29, 1.82) is 0 Å². The number of ether oxygens (including phenoxy) is 2. The first-order valence-corrected chi connectivity index (χ1v) is 7.43. The van der Waals surface area contributed by atoms with Crippen molar-refractivity contribution in [2.24, 2.45) is 0 Å². The second kappa shape index (κ2) is 6.72. The summed E-state index contributed by atoms with van der Waals surface area (Å²) in [6.07, 6.45) is 1.24. The Kier molecular flexibility index (Phi) is 4.47. The molecule has 0 atom stereocenters. The Morgan fingerprint density at radius 3 is 2.60 bits per heavy atom. The molecule has 0 N–H and O–H groups in total. The van der Waals surface area contributed by atoms with E-state index in [2.05, 4.69) is 4.98 Å². The SMILES string of the molecule is COc1ccc(C(=O)Cn2cnc3cc(F)ccc3c2=O)cc1OC. The molecule has 0 bridgehead atoms. The highest BCUT2D eigenvalue weighted by Crippen LogP contribution is 2.27. The number of rotatable bonds is 5. The van der Waals surface area contributed by atoms with Gasteiger partial charge in [0.2, 0.25) is 0 Å². The molecule has 1 aromatic heterocycles. The summed E-state index contributed by atoms with van der Waals surface area (Å²) < 4.78 is 24.7. The van der Waals surface area contributed by atoms with Crippen LogP contribution in [-0.4, -0.2) is 29.6 Å². The number of aromatic nitrogens is 2. The molecular formula is C18H15FN2O4. The number of benzene rings is 2. The first kappa shape index (κ1) is 16.6. The minimum absolute atomic E-state index is 0.186. The maximum atomic E-state index is 13.2. The first-order chi connectivity index (χ1) is 12.0. The van der Waals surface area contributed by atoms with Crippen molar-refractivity contribution in [2.45, 2.75) is 6.54 Å². The quantitative estimate of drug-likeness (QED) is 0.666. The Bertz CT molecular complexity index is 1010. The summed E-state index contributed by atoms with van der Waals surface area (Å²) in [6, 6.07) is 8.49. The van der Waals surface area contributed by atoms with Crippen LogP contribution in [-0.2, 0) is 6.54 Å². The lowest BCUT2D eigenvalue weighted by atomic mass is 10.1. The van der Waals surface area contributed by atoms with E-state index in [0.717, 1.165) is 0 Å².